The highest BCUT2D eigenvalue weighted by molar-refractivity contribution is 6.32. The van der Waals surface area contributed by atoms with Gasteiger partial charge < -0.3 is 10.3 Å². The summed E-state index contributed by atoms with van der Waals surface area (Å²) in [7, 11) is 0. The summed E-state index contributed by atoms with van der Waals surface area (Å²) >= 11 is 6.49. The van der Waals surface area contributed by atoms with Gasteiger partial charge in [-0.05, 0) is 17.7 Å². The lowest BCUT2D eigenvalue weighted by atomic mass is 9.83. The third-order valence-electron chi connectivity index (χ3n) is 4.43. The molecule has 0 bridgehead atoms. The van der Waals surface area contributed by atoms with Gasteiger partial charge in [0.2, 0.25) is 0 Å². The van der Waals surface area contributed by atoms with Gasteiger partial charge in [0.25, 0.3) is 0 Å². The van der Waals surface area contributed by atoms with E-state index in [4.69, 9.17) is 11.6 Å². The zero-order valence-corrected chi connectivity index (χ0v) is 12.7. The number of hydrogen-bond donors (Lipinski definition) is 2. The van der Waals surface area contributed by atoms with Crippen LogP contribution in [-0.2, 0) is 5.54 Å². The van der Waals surface area contributed by atoms with Crippen LogP contribution in [0.2, 0.25) is 0 Å². The van der Waals surface area contributed by atoms with Crippen LogP contribution < -0.4 is 5.32 Å². The number of para-hydroxylation sites is 2. The number of aromatic amines is 1. The first-order valence-corrected chi connectivity index (χ1v) is 7.51. The summed E-state index contributed by atoms with van der Waals surface area (Å²) in [6.07, 6.45) is 1.99. The van der Waals surface area contributed by atoms with Gasteiger partial charge in [0, 0.05) is 38.9 Å². The molecule has 0 saturated heterocycles. The average Bonchev–Trinajstić information content (AvgIpc) is 3.08. The Bertz CT molecular complexity index is 922. The number of H-pyrrole nitrogens is 1. The lowest BCUT2D eigenvalue weighted by molar-refractivity contribution is 0.821. The van der Waals surface area contributed by atoms with E-state index < -0.39 is 5.54 Å². The van der Waals surface area contributed by atoms with Crippen LogP contribution in [0.5, 0.6) is 0 Å². The van der Waals surface area contributed by atoms with Gasteiger partial charge >= 0.3 is 0 Å². The van der Waals surface area contributed by atoms with Crippen LogP contribution in [0.25, 0.3) is 16.5 Å². The lowest BCUT2D eigenvalue weighted by Crippen LogP contribution is -2.32. The van der Waals surface area contributed by atoms with E-state index in [0.29, 0.717) is 5.03 Å². The molecule has 2 nitrogen and oxygen atoms in total. The van der Waals surface area contributed by atoms with E-state index in [0.717, 1.165) is 33.3 Å². The van der Waals surface area contributed by atoms with Crippen LogP contribution in [0.4, 0.5) is 5.69 Å². The first-order valence-electron chi connectivity index (χ1n) is 7.13. The molecular formula is C19H15ClN2. The van der Waals surface area contributed by atoms with Crippen molar-refractivity contribution >= 4 is 33.8 Å². The van der Waals surface area contributed by atoms with E-state index in [1.807, 2.05) is 42.6 Å². The Balaban J connectivity index is 2.01. The molecule has 1 aliphatic heterocycles. The molecule has 3 aromatic rings. The minimum Gasteiger partial charge on any atom is -0.367 e. The van der Waals surface area contributed by atoms with Crippen molar-refractivity contribution in [1.82, 2.24) is 4.98 Å². The molecule has 1 aliphatic rings. The lowest BCUT2D eigenvalue weighted by Gasteiger charge is -2.31. The minimum atomic E-state index is -0.690. The van der Waals surface area contributed by atoms with Gasteiger partial charge in [-0.1, -0.05) is 61.2 Å². The molecule has 0 amide bonds. The maximum atomic E-state index is 6.49. The molecule has 1 atom stereocenters. The number of fused-ring (bicyclic) bond motifs is 2. The Morgan fingerprint density at radius 2 is 1.77 bits per heavy atom. The van der Waals surface area contributed by atoms with E-state index in [9.17, 15) is 0 Å². The molecule has 0 radical (unpaired) electrons. The summed E-state index contributed by atoms with van der Waals surface area (Å²) in [4.78, 5) is 3.31. The number of halogens is 1. The van der Waals surface area contributed by atoms with Crippen LogP contribution in [-0.4, -0.2) is 4.98 Å². The summed E-state index contributed by atoms with van der Waals surface area (Å²) in [5, 5.41) is 5.17. The number of nitrogens with one attached hydrogen (secondary N) is 2. The number of aromatic nitrogens is 1. The molecule has 4 rings (SSSR count). The van der Waals surface area contributed by atoms with Crippen molar-refractivity contribution in [1.29, 1.82) is 0 Å². The second-order valence-electron chi connectivity index (χ2n) is 5.55. The smallest absolute Gasteiger partial charge is 0.126 e. The highest BCUT2D eigenvalue weighted by atomic mass is 35.5. The predicted octanol–water partition coefficient (Wildman–Crippen LogP) is 5.25. The fraction of sp³-hybridized carbons (Fsp3) is 0.0526. The minimum absolute atomic E-state index is 0.512. The largest absolute Gasteiger partial charge is 0.367 e. The van der Waals surface area contributed by atoms with Gasteiger partial charge in [-0.2, -0.15) is 0 Å². The first-order chi connectivity index (χ1) is 10.6. The van der Waals surface area contributed by atoms with E-state index in [1.54, 1.807) is 0 Å². The molecule has 2 N–H and O–H groups in total. The number of benzene rings is 2. The number of anilines is 1. The topological polar surface area (TPSA) is 27.8 Å². The van der Waals surface area contributed by atoms with E-state index in [2.05, 4.69) is 35.6 Å². The molecule has 108 valence electrons. The fourth-order valence-electron chi connectivity index (χ4n) is 3.32. The monoisotopic (exact) mass is 306 g/mol. The van der Waals surface area contributed by atoms with Gasteiger partial charge in [0.15, 0.2) is 0 Å². The second kappa shape index (κ2) is 4.52. The molecule has 2 heterocycles. The van der Waals surface area contributed by atoms with Gasteiger partial charge in [-0.3, -0.25) is 0 Å². The third kappa shape index (κ3) is 1.56. The van der Waals surface area contributed by atoms with Gasteiger partial charge in [0.05, 0.1) is 0 Å². The maximum absolute atomic E-state index is 6.49. The highest BCUT2D eigenvalue weighted by Crippen LogP contribution is 2.53. The normalized spacial score (nSPS) is 20.0. The summed E-state index contributed by atoms with van der Waals surface area (Å²) in [5.74, 6) is 0. The SMILES string of the molecule is C=C(Cl)C1(c2c[nH]c3ccccc23)Nc2ccccc2C1=C. The second-order valence-corrected chi connectivity index (χ2v) is 6.01. The van der Waals surface area contributed by atoms with Crippen LogP contribution in [0.15, 0.2) is 72.9 Å². The van der Waals surface area contributed by atoms with Crippen molar-refractivity contribution in [2.45, 2.75) is 5.54 Å². The highest BCUT2D eigenvalue weighted by Gasteiger charge is 2.45. The Labute approximate surface area is 134 Å². The zero-order chi connectivity index (χ0) is 15.3. The summed E-state index contributed by atoms with van der Waals surface area (Å²) in [6, 6.07) is 16.3. The first kappa shape index (κ1) is 13.2. The molecule has 0 saturated carbocycles. The number of rotatable bonds is 2. The van der Waals surface area contributed by atoms with Crippen molar-refractivity contribution in [3.8, 4) is 0 Å². The van der Waals surface area contributed by atoms with Gasteiger partial charge in [-0.25, -0.2) is 0 Å². The summed E-state index contributed by atoms with van der Waals surface area (Å²) in [6.45, 7) is 8.35. The van der Waals surface area contributed by atoms with E-state index in [1.165, 1.54) is 0 Å². The maximum Gasteiger partial charge on any atom is 0.126 e. The standard InChI is InChI=1S/C19H15ClN2/c1-12-14-7-3-6-10-18(14)22-19(12,13(2)20)16-11-21-17-9-5-4-8-15(16)17/h3-11,21-22H,1-2H2. The fourth-order valence-corrected chi connectivity index (χ4v) is 3.59. The van der Waals surface area contributed by atoms with Gasteiger partial charge in [0.1, 0.15) is 5.54 Å². The summed E-state index contributed by atoms with van der Waals surface area (Å²) in [5.41, 5.74) is 4.46. The molecule has 3 heteroatoms. The van der Waals surface area contributed by atoms with Gasteiger partial charge in [-0.15, -0.1) is 0 Å². The molecule has 0 fully saturated rings. The molecule has 22 heavy (non-hydrogen) atoms. The van der Waals surface area contributed by atoms with E-state index >= 15 is 0 Å². The van der Waals surface area contributed by atoms with Crippen molar-refractivity contribution in [2.24, 2.45) is 0 Å². The van der Waals surface area contributed by atoms with E-state index in [-0.39, 0.29) is 0 Å². The Morgan fingerprint density at radius 3 is 2.55 bits per heavy atom. The molecule has 1 unspecified atom stereocenters. The zero-order valence-electron chi connectivity index (χ0n) is 12.0. The predicted molar refractivity (Wildman–Crippen MR) is 94.1 cm³/mol. The Kier molecular flexibility index (Phi) is 2.72. The average molecular weight is 307 g/mol. The van der Waals surface area contributed by atoms with Crippen LogP contribution >= 0.6 is 11.6 Å². The molecular weight excluding hydrogens is 292 g/mol. The third-order valence-corrected chi connectivity index (χ3v) is 4.71. The Morgan fingerprint density at radius 1 is 1.05 bits per heavy atom. The van der Waals surface area contributed by atoms with Crippen molar-refractivity contribution in [3.05, 3.63) is 84.0 Å². The van der Waals surface area contributed by atoms with Crippen LogP contribution in [0.1, 0.15) is 11.1 Å². The van der Waals surface area contributed by atoms with Crippen molar-refractivity contribution in [2.75, 3.05) is 5.32 Å². The quantitative estimate of drug-likeness (QED) is 0.664. The summed E-state index contributed by atoms with van der Waals surface area (Å²) < 4.78 is 0. The molecule has 0 spiro atoms. The number of hydrogen-bond acceptors (Lipinski definition) is 1. The molecule has 0 aliphatic carbocycles. The van der Waals surface area contributed by atoms with Crippen LogP contribution in [0, 0.1) is 0 Å². The Hall–Kier alpha value is -2.45. The molecule has 1 aromatic heterocycles. The van der Waals surface area contributed by atoms with Crippen LogP contribution in [0.3, 0.4) is 0 Å². The van der Waals surface area contributed by atoms with Crippen molar-refractivity contribution < 1.29 is 0 Å². The molecule has 2 aromatic carbocycles. The van der Waals surface area contributed by atoms with Crippen molar-refractivity contribution in [3.63, 3.8) is 0 Å².